The Morgan fingerprint density at radius 2 is 2.10 bits per heavy atom. The summed E-state index contributed by atoms with van der Waals surface area (Å²) in [5, 5.41) is 18.7. The van der Waals surface area contributed by atoms with E-state index in [-0.39, 0.29) is 18.6 Å². The van der Waals surface area contributed by atoms with Crippen LogP contribution in [0.15, 0.2) is 18.2 Å². The summed E-state index contributed by atoms with van der Waals surface area (Å²) >= 11 is 0. The number of ether oxygens (including phenoxy) is 2. The molecule has 1 amide bonds. The molecule has 0 bridgehead atoms. The number of amides is 1. The Hall–Kier alpha value is -3.36. The Kier molecular flexibility index (Phi) is 4.22. The van der Waals surface area contributed by atoms with Crippen LogP contribution in [-0.2, 0) is 31.1 Å². The van der Waals surface area contributed by atoms with Gasteiger partial charge in [-0.05, 0) is 37.0 Å². The van der Waals surface area contributed by atoms with Crippen LogP contribution in [0.4, 0.5) is 5.82 Å². The molecular weight excluding hydrogens is 372 g/mol. The van der Waals surface area contributed by atoms with Gasteiger partial charge in [0.05, 0.1) is 17.1 Å². The third-order valence-electron chi connectivity index (χ3n) is 5.60. The highest BCUT2D eigenvalue weighted by atomic mass is 16.7. The van der Waals surface area contributed by atoms with Crippen molar-refractivity contribution < 1.29 is 14.3 Å². The molecule has 0 fully saturated rings. The predicted octanol–water partition coefficient (Wildman–Crippen LogP) is 2.24. The van der Waals surface area contributed by atoms with Crippen molar-refractivity contribution in [2.45, 2.75) is 32.6 Å². The monoisotopic (exact) mass is 394 g/mol. The average molecular weight is 394 g/mol. The SMILES string of the molecule is CCc1nn(C)c(NC(=O)C2CCc3n[nH]nc3C2)c1-c1ccc2c(c1)OCO2. The Morgan fingerprint density at radius 1 is 1.28 bits per heavy atom. The molecule has 0 spiro atoms. The largest absolute Gasteiger partial charge is 0.454 e. The third-order valence-corrected chi connectivity index (χ3v) is 5.60. The van der Waals surface area contributed by atoms with Gasteiger partial charge in [-0.15, -0.1) is 0 Å². The highest BCUT2D eigenvalue weighted by Gasteiger charge is 2.29. The number of aromatic amines is 1. The summed E-state index contributed by atoms with van der Waals surface area (Å²) in [7, 11) is 1.85. The lowest BCUT2D eigenvalue weighted by Gasteiger charge is -2.20. The number of aryl methyl sites for hydroxylation is 3. The van der Waals surface area contributed by atoms with Crippen molar-refractivity contribution in [3.8, 4) is 22.6 Å². The summed E-state index contributed by atoms with van der Waals surface area (Å²) in [6, 6.07) is 5.81. The number of hydrogen-bond donors (Lipinski definition) is 2. The van der Waals surface area contributed by atoms with Crippen LogP contribution in [0.2, 0.25) is 0 Å². The van der Waals surface area contributed by atoms with Crippen molar-refractivity contribution in [3.63, 3.8) is 0 Å². The highest BCUT2D eigenvalue weighted by Crippen LogP contribution is 2.39. The number of benzene rings is 1. The molecule has 0 saturated carbocycles. The fraction of sp³-hybridized carbons (Fsp3) is 0.400. The van der Waals surface area contributed by atoms with Gasteiger partial charge in [0.1, 0.15) is 5.82 Å². The normalized spacial score (nSPS) is 17.2. The van der Waals surface area contributed by atoms with Gasteiger partial charge < -0.3 is 14.8 Å². The smallest absolute Gasteiger partial charge is 0.231 e. The molecule has 9 nitrogen and oxygen atoms in total. The molecule has 150 valence electrons. The first-order valence-electron chi connectivity index (χ1n) is 9.79. The van der Waals surface area contributed by atoms with E-state index in [4.69, 9.17) is 9.47 Å². The Balaban J connectivity index is 1.46. The van der Waals surface area contributed by atoms with Crippen LogP contribution in [0.25, 0.3) is 11.1 Å². The first-order chi connectivity index (χ1) is 14.1. The summed E-state index contributed by atoms with van der Waals surface area (Å²) < 4.78 is 12.7. The maximum absolute atomic E-state index is 13.1. The molecule has 9 heteroatoms. The van der Waals surface area contributed by atoms with Crippen LogP contribution in [0.5, 0.6) is 11.5 Å². The maximum Gasteiger partial charge on any atom is 0.231 e. The minimum Gasteiger partial charge on any atom is -0.454 e. The molecule has 3 heterocycles. The van der Waals surface area contributed by atoms with Crippen LogP contribution >= 0.6 is 0 Å². The quantitative estimate of drug-likeness (QED) is 0.703. The Labute approximate surface area is 167 Å². The standard InChI is InChI=1S/C20H22N6O3/c1-3-13-18(11-5-7-16-17(9-11)29-10-28-16)19(26(2)24-13)21-20(27)12-4-6-14-15(8-12)23-25-22-14/h5,7,9,12H,3-4,6,8,10H2,1-2H3,(H,21,27)(H,22,23,25). The number of nitrogens with zero attached hydrogens (tertiary/aromatic N) is 4. The molecule has 2 aliphatic rings. The Bertz CT molecular complexity index is 1090. The minimum absolute atomic E-state index is 0.0219. The van der Waals surface area contributed by atoms with Crippen molar-refractivity contribution in [3.05, 3.63) is 35.3 Å². The molecule has 1 atom stereocenters. The van der Waals surface area contributed by atoms with E-state index in [1.165, 1.54) is 0 Å². The molecule has 2 N–H and O–H groups in total. The van der Waals surface area contributed by atoms with Gasteiger partial charge in [-0.2, -0.15) is 20.5 Å². The van der Waals surface area contributed by atoms with Gasteiger partial charge >= 0.3 is 0 Å². The fourth-order valence-corrected chi connectivity index (χ4v) is 4.05. The van der Waals surface area contributed by atoms with Crippen molar-refractivity contribution in [1.29, 1.82) is 0 Å². The third kappa shape index (κ3) is 3.02. The van der Waals surface area contributed by atoms with Gasteiger partial charge in [0, 0.05) is 24.9 Å². The molecule has 1 aliphatic carbocycles. The topological polar surface area (TPSA) is 107 Å². The first kappa shape index (κ1) is 17.7. The zero-order chi connectivity index (χ0) is 20.0. The van der Waals surface area contributed by atoms with Gasteiger partial charge in [-0.25, -0.2) is 0 Å². The van der Waals surface area contributed by atoms with Gasteiger partial charge in [-0.1, -0.05) is 13.0 Å². The fourth-order valence-electron chi connectivity index (χ4n) is 4.05. The summed E-state index contributed by atoms with van der Waals surface area (Å²) in [5.74, 6) is 1.96. The zero-order valence-electron chi connectivity index (χ0n) is 16.4. The summed E-state index contributed by atoms with van der Waals surface area (Å²) in [4.78, 5) is 13.1. The molecule has 29 heavy (non-hydrogen) atoms. The summed E-state index contributed by atoms with van der Waals surface area (Å²) in [6.45, 7) is 2.28. The van der Waals surface area contributed by atoms with Crippen molar-refractivity contribution in [2.24, 2.45) is 13.0 Å². The zero-order valence-corrected chi connectivity index (χ0v) is 16.4. The summed E-state index contributed by atoms with van der Waals surface area (Å²) in [6.07, 6.45) is 2.85. The lowest BCUT2D eigenvalue weighted by molar-refractivity contribution is -0.120. The van der Waals surface area contributed by atoms with Crippen LogP contribution < -0.4 is 14.8 Å². The van der Waals surface area contributed by atoms with Crippen molar-refractivity contribution in [1.82, 2.24) is 25.2 Å². The molecule has 0 saturated heterocycles. The lowest BCUT2D eigenvalue weighted by atomic mass is 9.89. The number of hydrogen-bond acceptors (Lipinski definition) is 6. The van der Waals surface area contributed by atoms with E-state index in [1.54, 1.807) is 4.68 Å². The average Bonchev–Trinajstić information content (AvgIpc) is 3.45. The minimum atomic E-state index is -0.141. The van der Waals surface area contributed by atoms with E-state index in [2.05, 4.69) is 32.7 Å². The summed E-state index contributed by atoms with van der Waals surface area (Å²) in [5.41, 5.74) is 4.62. The number of carbonyl (C=O) groups is 1. The van der Waals surface area contributed by atoms with E-state index < -0.39 is 0 Å². The van der Waals surface area contributed by atoms with Crippen molar-refractivity contribution in [2.75, 3.05) is 12.1 Å². The van der Waals surface area contributed by atoms with E-state index in [1.807, 2.05) is 25.2 Å². The second kappa shape index (κ2) is 6.91. The first-order valence-corrected chi connectivity index (χ1v) is 9.79. The van der Waals surface area contributed by atoms with Crippen molar-refractivity contribution >= 4 is 11.7 Å². The molecule has 3 aromatic rings. The Morgan fingerprint density at radius 3 is 2.97 bits per heavy atom. The van der Waals surface area contributed by atoms with Crippen LogP contribution in [0.3, 0.4) is 0 Å². The number of H-pyrrole nitrogens is 1. The number of carbonyl (C=O) groups excluding carboxylic acids is 1. The van der Waals surface area contributed by atoms with Crippen LogP contribution in [-0.4, -0.2) is 37.9 Å². The van der Waals surface area contributed by atoms with E-state index in [9.17, 15) is 4.79 Å². The van der Waals surface area contributed by atoms with Crippen LogP contribution in [0, 0.1) is 5.92 Å². The van der Waals surface area contributed by atoms with E-state index in [0.717, 1.165) is 53.2 Å². The van der Waals surface area contributed by atoms with E-state index >= 15 is 0 Å². The number of nitrogens with one attached hydrogen (secondary N) is 2. The number of anilines is 1. The second-order valence-corrected chi connectivity index (χ2v) is 7.36. The number of fused-ring (bicyclic) bond motifs is 2. The van der Waals surface area contributed by atoms with Gasteiger partial charge in [-0.3, -0.25) is 9.48 Å². The molecule has 1 aliphatic heterocycles. The second-order valence-electron chi connectivity index (χ2n) is 7.36. The van der Waals surface area contributed by atoms with Gasteiger partial charge in [0.15, 0.2) is 11.5 Å². The van der Waals surface area contributed by atoms with Gasteiger partial charge in [0.2, 0.25) is 12.7 Å². The van der Waals surface area contributed by atoms with Gasteiger partial charge in [0.25, 0.3) is 0 Å². The predicted molar refractivity (Wildman–Crippen MR) is 105 cm³/mol. The molecule has 5 rings (SSSR count). The lowest BCUT2D eigenvalue weighted by Crippen LogP contribution is -2.29. The molecular formula is C20H22N6O3. The van der Waals surface area contributed by atoms with Crippen LogP contribution in [0.1, 0.15) is 30.4 Å². The molecule has 0 radical (unpaired) electrons. The maximum atomic E-state index is 13.1. The molecule has 2 aromatic heterocycles. The molecule has 1 unspecified atom stereocenters. The highest BCUT2D eigenvalue weighted by molar-refractivity contribution is 5.96. The number of aromatic nitrogens is 5. The molecule has 1 aromatic carbocycles. The number of rotatable bonds is 4. The van der Waals surface area contributed by atoms with E-state index in [0.29, 0.717) is 18.0 Å².